The highest BCUT2D eigenvalue weighted by atomic mass is 19.1. The third kappa shape index (κ3) is 6.31. The van der Waals surface area contributed by atoms with Crippen molar-refractivity contribution in [1.82, 2.24) is 15.5 Å². The first kappa shape index (κ1) is 21.8. The zero-order valence-corrected chi connectivity index (χ0v) is 17.7. The van der Waals surface area contributed by atoms with E-state index in [1.54, 1.807) is 12.1 Å². The molecular weight excluding hydrogens is 379 g/mol. The van der Waals surface area contributed by atoms with E-state index in [0.29, 0.717) is 31.0 Å². The lowest BCUT2D eigenvalue weighted by Crippen LogP contribution is -2.38. The minimum atomic E-state index is -0.180. The fourth-order valence-corrected chi connectivity index (χ4v) is 3.56. The van der Waals surface area contributed by atoms with Crippen molar-refractivity contribution in [1.29, 1.82) is 0 Å². The SMILES string of the molecule is CCNC(=NCc1ccc(C(=O)N2CCCCC2)cc1)NCCc1ccccc1F. The van der Waals surface area contributed by atoms with Crippen LogP contribution in [0, 0.1) is 5.82 Å². The lowest BCUT2D eigenvalue weighted by atomic mass is 10.1. The summed E-state index contributed by atoms with van der Waals surface area (Å²) in [7, 11) is 0. The minimum absolute atomic E-state index is 0.118. The van der Waals surface area contributed by atoms with E-state index < -0.39 is 0 Å². The van der Waals surface area contributed by atoms with Gasteiger partial charge in [-0.15, -0.1) is 0 Å². The maximum atomic E-state index is 13.7. The number of piperidine rings is 1. The Bertz CT molecular complexity index is 845. The Morgan fingerprint density at radius 1 is 1.03 bits per heavy atom. The van der Waals surface area contributed by atoms with Crippen LogP contribution in [0.15, 0.2) is 53.5 Å². The van der Waals surface area contributed by atoms with E-state index >= 15 is 0 Å². The number of hydrogen-bond acceptors (Lipinski definition) is 2. The highest BCUT2D eigenvalue weighted by Crippen LogP contribution is 2.14. The van der Waals surface area contributed by atoms with Crippen LogP contribution < -0.4 is 10.6 Å². The molecule has 0 saturated carbocycles. The van der Waals surface area contributed by atoms with Gasteiger partial charge in [-0.3, -0.25) is 4.79 Å². The van der Waals surface area contributed by atoms with Crippen LogP contribution in [0.5, 0.6) is 0 Å². The third-order valence-electron chi connectivity index (χ3n) is 5.25. The molecule has 2 aromatic rings. The number of nitrogens with one attached hydrogen (secondary N) is 2. The highest BCUT2D eigenvalue weighted by Gasteiger charge is 2.17. The predicted octanol–water partition coefficient (Wildman–Crippen LogP) is 3.75. The van der Waals surface area contributed by atoms with Gasteiger partial charge in [0, 0.05) is 31.7 Å². The lowest BCUT2D eigenvalue weighted by molar-refractivity contribution is 0.0724. The molecule has 160 valence electrons. The van der Waals surface area contributed by atoms with E-state index in [1.165, 1.54) is 12.5 Å². The van der Waals surface area contributed by atoms with Crippen LogP contribution in [0.4, 0.5) is 4.39 Å². The second-order valence-electron chi connectivity index (χ2n) is 7.51. The summed E-state index contributed by atoms with van der Waals surface area (Å²) in [5.41, 5.74) is 2.46. The zero-order chi connectivity index (χ0) is 21.2. The fourth-order valence-electron chi connectivity index (χ4n) is 3.56. The van der Waals surface area contributed by atoms with Gasteiger partial charge in [0.2, 0.25) is 0 Å². The Morgan fingerprint density at radius 3 is 2.47 bits per heavy atom. The summed E-state index contributed by atoms with van der Waals surface area (Å²) < 4.78 is 13.7. The minimum Gasteiger partial charge on any atom is -0.357 e. The van der Waals surface area contributed by atoms with E-state index in [0.717, 1.165) is 43.6 Å². The quantitative estimate of drug-likeness (QED) is 0.540. The van der Waals surface area contributed by atoms with Crippen LogP contribution >= 0.6 is 0 Å². The summed E-state index contributed by atoms with van der Waals surface area (Å²) >= 11 is 0. The first-order valence-electron chi connectivity index (χ1n) is 10.8. The van der Waals surface area contributed by atoms with Crippen molar-refractivity contribution in [3.05, 3.63) is 71.0 Å². The fraction of sp³-hybridized carbons (Fsp3) is 0.417. The monoisotopic (exact) mass is 410 g/mol. The molecule has 0 bridgehead atoms. The van der Waals surface area contributed by atoms with E-state index in [2.05, 4.69) is 15.6 Å². The third-order valence-corrected chi connectivity index (χ3v) is 5.25. The molecular formula is C24H31FN4O. The first-order valence-corrected chi connectivity index (χ1v) is 10.8. The van der Waals surface area contributed by atoms with Gasteiger partial charge in [-0.1, -0.05) is 30.3 Å². The molecule has 0 radical (unpaired) electrons. The van der Waals surface area contributed by atoms with Gasteiger partial charge in [0.05, 0.1) is 6.54 Å². The molecule has 0 aromatic heterocycles. The summed E-state index contributed by atoms with van der Waals surface area (Å²) in [6.07, 6.45) is 3.99. The number of carbonyl (C=O) groups excluding carboxylic acids is 1. The molecule has 0 unspecified atom stereocenters. The molecule has 1 amide bonds. The topological polar surface area (TPSA) is 56.7 Å². The van der Waals surface area contributed by atoms with Crippen molar-refractivity contribution in [3.8, 4) is 0 Å². The Balaban J connectivity index is 1.53. The van der Waals surface area contributed by atoms with Crippen LogP contribution in [-0.4, -0.2) is 42.9 Å². The molecule has 1 aliphatic rings. The van der Waals surface area contributed by atoms with Crippen LogP contribution in [0.1, 0.15) is 47.7 Å². The zero-order valence-electron chi connectivity index (χ0n) is 17.7. The van der Waals surface area contributed by atoms with Crippen LogP contribution in [0.3, 0.4) is 0 Å². The Hall–Kier alpha value is -2.89. The Morgan fingerprint density at radius 2 is 1.77 bits per heavy atom. The van der Waals surface area contributed by atoms with Gasteiger partial charge < -0.3 is 15.5 Å². The van der Waals surface area contributed by atoms with Gasteiger partial charge >= 0.3 is 0 Å². The molecule has 30 heavy (non-hydrogen) atoms. The molecule has 1 aliphatic heterocycles. The van der Waals surface area contributed by atoms with Crippen molar-refractivity contribution in [2.45, 2.75) is 39.2 Å². The van der Waals surface area contributed by atoms with Crippen molar-refractivity contribution in [2.75, 3.05) is 26.2 Å². The molecule has 0 spiro atoms. The van der Waals surface area contributed by atoms with Crippen molar-refractivity contribution < 1.29 is 9.18 Å². The number of benzene rings is 2. The maximum Gasteiger partial charge on any atom is 0.253 e. The summed E-state index contributed by atoms with van der Waals surface area (Å²) in [5, 5.41) is 6.46. The van der Waals surface area contributed by atoms with Gasteiger partial charge in [0.15, 0.2) is 5.96 Å². The molecule has 1 heterocycles. The smallest absolute Gasteiger partial charge is 0.253 e. The second-order valence-corrected chi connectivity index (χ2v) is 7.51. The van der Waals surface area contributed by atoms with Crippen molar-refractivity contribution in [2.24, 2.45) is 4.99 Å². The number of carbonyl (C=O) groups is 1. The van der Waals surface area contributed by atoms with E-state index in [9.17, 15) is 9.18 Å². The molecule has 0 aliphatic carbocycles. The van der Waals surface area contributed by atoms with Gasteiger partial charge in [-0.25, -0.2) is 9.38 Å². The average Bonchev–Trinajstić information content (AvgIpc) is 2.79. The van der Waals surface area contributed by atoms with Crippen LogP contribution in [0.2, 0.25) is 0 Å². The van der Waals surface area contributed by atoms with Crippen molar-refractivity contribution in [3.63, 3.8) is 0 Å². The van der Waals surface area contributed by atoms with Crippen LogP contribution in [-0.2, 0) is 13.0 Å². The van der Waals surface area contributed by atoms with E-state index in [1.807, 2.05) is 42.2 Å². The normalized spacial score (nSPS) is 14.5. The Kier molecular flexibility index (Phi) is 8.24. The molecule has 3 rings (SSSR count). The molecule has 2 aromatic carbocycles. The van der Waals surface area contributed by atoms with Crippen molar-refractivity contribution >= 4 is 11.9 Å². The van der Waals surface area contributed by atoms with Gasteiger partial charge in [-0.2, -0.15) is 0 Å². The Labute approximate surface area is 178 Å². The number of halogens is 1. The first-order chi connectivity index (χ1) is 14.7. The molecule has 2 N–H and O–H groups in total. The molecule has 5 nitrogen and oxygen atoms in total. The maximum absolute atomic E-state index is 13.7. The summed E-state index contributed by atoms with van der Waals surface area (Å²) in [4.78, 5) is 19.1. The predicted molar refractivity (Wildman–Crippen MR) is 119 cm³/mol. The molecule has 1 saturated heterocycles. The number of likely N-dealkylation sites (tertiary alicyclic amines) is 1. The van der Waals surface area contributed by atoms with Gasteiger partial charge in [-0.05, 0) is 61.9 Å². The van der Waals surface area contributed by atoms with E-state index in [4.69, 9.17) is 0 Å². The average molecular weight is 411 g/mol. The largest absolute Gasteiger partial charge is 0.357 e. The number of nitrogens with zero attached hydrogens (tertiary/aromatic N) is 2. The summed E-state index contributed by atoms with van der Waals surface area (Å²) in [6, 6.07) is 14.5. The standard InChI is InChI=1S/C24H31FN4O/c1-2-26-24(27-15-14-20-8-4-5-9-22(20)25)28-18-19-10-12-21(13-11-19)23(30)29-16-6-3-7-17-29/h4-5,8-13H,2-3,6-7,14-18H2,1H3,(H2,26,27,28). The number of amides is 1. The summed E-state index contributed by atoms with van der Waals surface area (Å²) in [5.74, 6) is 0.635. The molecule has 6 heteroatoms. The number of hydrogen-bond donors (Lipinski definition) is 2. The number of guanidine groups is 1. The lowest BCUT2D eigenvalue weighted by Gasteiger charge is -2.26. The number of aliphatic imine (C=N–C) groups is 1. The second kappa shape index (κ2) is 11.3. The number of rotatable bonds is 7. The van der Waals surface area contributed by atoms with Gasteiger partial charge in [0.25, 0.3) is 5.91 Å². The summed E-state index contributed by atoms with van der Waals surface area (Å²) in [6.45, 7) is 5.57. The van der Waals surface area contributed by atoms with E-state index in [-0.39, 0.29) is 11.7 Å². The molecule has 1 fully saturated rings. The van der Waals surface area contributed by atoms with Gasteiger partial charge in [0.1, 0.15) is 5.82 Å². The highest BCUT2D eigenvalue weighted by molar-refractivity contribution is 5.94. The molecule has 0 atom stereocenters. The van der Waals surface area contributed by atoms with Crippen LogP contribution in [0.25, 0.3) is 0 Å².